The molecule has 2 aliphatic rings. The van der Waals surface area contributed by atoms with E-state index >= 15 is 0 Å². The van der Waals surface area contributed by atoms with Crippen molar-refractivity contribution in [2.75, 3.05) is 32.9 Å². The quantitative estimate of drug-likeness (QED) is 0.828. The zero-order valence-corrected chi connectivity index (χ0v) is 14.3. The molecule has 0 aromatic carbocycles. The molecule has 8 heteroatoms. The molecule has 0 radical (unpaired) electrons. The fourth-order valence-electron chi connectivity index (χ4n) is 3.74. The number of ether oxygens (including phenoxy) is 2. The summed E-state index contributed by atoms with van der Waals surface area (Å²) < 4.78 is 19.2. The van der Waals surface area contributed by atoms with Gasteiger partial charge >= 0.3 is 0 Å². The Hall–Kier alpha value is -2.19. The number of carbonyl (C=O) groups excluding carboxylic acids is 1. The van der Waals surface area contributed by atoms with Crippen LogP contribution < -0.4 is 0 Å². The molecule has 134 valence electrons. The molecule has 2 aromatic heterocycles. The second-order valence-electron chi connectivity index (χ2n) is 6.89. The minimum Gasteiger partial charge on any atom is -0.469 e. The van der Waals surface area contributed by atoms with Gasteiger partial charge in [-0.2, -0.15) is 0 Å². The minimum absolute atomic E-state index is 0.0259. The van der Waals surface area contributed by atoms with Gasteiger partial charge in [0, 0.05) is 19.0 Å². The third-order valence-electron chi connectivity index (χ3n) is 4.95. The Kier molecular flexibility index (Phi) is 4.30. The second kappa shape index (κ2) is 6.61. The molecule has 1 spiro atoms. The van der Waals surface area contributed by atoms with Crippen molar-refractivity contribution in [2.45, 2.75) is 25.5 Å². The van der Waals surface area contributed by atoms with E-state index < -0.39 is 5.60 Å². The summed E-state index contributed by atoms with van der Waals surface area (Å²) in [6, 6.07) is 1.72. The molecule has 1 amide bonds. The van der Waals surface area contributed by atoms with Gasteiger partial charge in [-0.25, -0.2) is 0 Å². The van der Waals surface area contributed by atoms with Crippen LogP contribution in [0, 0.1) is 12.8 Å². The van der Waals surface area contributed by atoms with Crippen LogP contribution >= 0.6 is 0 Å². The number of carbonyl (C=O) groups is 1. The molecule has 25 heavy (non-hydrogen) atoms. The van der Waals surface area contributed by atoms with Gasteiger partial charge < -0.3 is 23.4 Å². The first-order chi connectivity index (χ1) is 12.2. The number of hydrogen-bond donors (Lipinski definition) is 0. The molecule has 4 heterocycles. The first-order valence-corrected chi connectivity index (χ1v) is 8.53. The topological polar surface area (TPSA) is 82.6 Å². The lowest BCUT2D eigenvalue weighted by Gasteiger charge is -2.31. The number of aromatic nitrogens is 3. The van der Waals surface area contributed by atoms with Crippen molar-refractivity contribution in [1.82, 2.24) is 19.7 Å². The van der Waals surface area contributed by atoms with Gasteiger partial charge in [0.25, 0.3) is 5.91 Å². The molecule has 2 aromatic rings. The maximum atomic E-state index is 12.8. The zero-order chi connectivity index (χ0) is 17.3. The van der Waals surface area contributed by atoms with Crippen LogP contribution in [-0.2, 0) is 16.0 Å². The van der Waals surface area contributed by atoms with Gasteiger partial charge in [-0.3, -0.25) is 4.79 Å². The molecule has 0 bridgehead atoms. The molecule has 0 saturated carbocycles. The fraction of sp³-hybridized carbons (Fsp3) is 0.588. The second-order valence-corrected chi connectivity index (χ2v) is 6.89. The van der Waals surface area contributed by atoms with Crippen molar-refractivity contribution in [3.05, 3.63) is 36.3 Å². The van der Waals surface area contributed by atoms with Gasteiger partial charge in [0.15, 0.2) is 0 Å². The van der Waals surface area contributed by atoms with Gasteiger partial charge in [-0.1, -0.05) is 0 Å². The van der Waals surface area contributed by atoms with Crippen molar-refractivity contribution in [3.8, 4) is 0 Å². The predicted molar refractivity (Wildman–Crippen MR) is 87.0 cm³/mol. The minimum atomic E-state index is -0.442. The number of amides is 1. The number of aryl methyl sites for hydroxylation is 1. The number of hydrogen-bond acceptors (Lipinski definition) is 6. The van der Waals surface area contributed by atoms with Crippen LogP contribution in [0.25, 0.3) is 0 Å². The lowest BCUT2D eigenvalue weighted by atomic mass is 9.94. The van der Waals surface area contributed by atoms with Crippen LogP contribution in [0.2, 0.25) is 0 Å². The fourth-order valence-corrected chi connectivity index (χ4v) is 3.74. The number of rotatable bonds is 3. The van der Waals surface area contributed by atoms with E-state index in [2.05, 4.69) is 10.2 Å². The van der Waals surface area contributed by atoms with Crippen LogP contribution in [-0.4, -0.2) is 64.1 Å². The molecular weight excluding hydrogens is 324 g/mol. The average molecular weight is 346 g/mol. The highest BCUT2D eigenvalue weighted by molar-refractivity contribution is 5.95. The molecule has 2 atom stereocenters. The lowest BCUT2D eigenvalue weighted by Crippen LogP contribution is -2.46. The van der Waals surface area contributed by atoms with Gasteiger partial charge in [0.2, 0.25) is 0 Å². The highest BCUT2D eigenvalue weighted by atomic mass is 16.5. The Morgan fingerprint density at radius 2 is 2.24 bits per heavy atom. The van der Waals surface area contributed by atoms with Gasteiger partial charge in [0.1, 0.15) is 24.0 Å². The van der Waals surface area contributed by atoms with Crippen molar-refractivity contribution in [3.63, 3.8) is 0 Å². The van der Waals surface area contributed by atoms with E-state index in [4.69, 9.17) is 13.9 Å². The Bertz CT molecular complexity index is 729. The largest absolute Gasteiger partial charge is 0.469 e. The van der Waals surface area contributed by atoms with Gasteiger partial charge in [-0.05, 0) is 19.4 Å². The number of furan rings is 1. The standard InChI is InChI=1S/C17H22N4O4/c1-13-15(2-4-24-13)16(22)21-3-5-23-10-17(9-21)6-14(8-25-17)7-20-11-18-19-12-20/h2,4,11-12,14H,3,5-10H2,1H3/t14-,17-/m1/s1. The van der Waals surface area contributed by atoms with E-state index in [0.717, 1.165) is 13.0 Å². The van der Waals surface area contributed by atoms with Crippen LogP contribution in [0.5, 0.6) is 0 Å². The van der Waals surface area contributed by atoms with Gasteiger partial charge in [0.05, 0.1) is 38.2 Å². The van der Waals surface area contributed by atoms with E-state index in [-0.39, 0.29) is 5.91 Å². The molecule has 0 unspecified atom stereocenters. The third-order valence-corrected chi connectivity index (χ3v) is 4.95. The van der Waals surface area contributed by atoms with E-state index in [1.165, 1.54) is 0 Å². The Labute approximate surface area is 145 Å². The highest BCUT2D eigenvalue weighted by Crippen LogP contribution is 2.34. The van der Waals surface area contributed by atoms with E-state index in [1.54, 1.807) is 31.9 Å². The molecule has 0 aliphatic carbocycles. The predicted octanol–water partition coefficient (Wildman–Crippen LogP) is 1.13. The van der Waals surface area contributed by atoms with Crippen LogP contribution in [0.4, 0.5) is 0 Å². The molecule has 4 rings (SSSR count). The third kappa shape index (κ3) is 3.32. The summed E-state index contributed by atoms with van der Waals surface area (Å²) in [6.07, 6.45) is 5.82. The summed E-state index contributed by atoms with van der Waals surface area (Å²) >= 11 is 0. The van der Waals surface area contributed by atoms with Crippen molar-refractivity contribution >= 4 is 5.91 Å². The Morgan fingerprint density at radius 3 is 3.00 bits per heavy atom. The maximum Gasteiger partial charge on any atom is 0.257 e. The van der Waals surface area contributed by atoms with Crippen molar-refractivity contribution in [2.24, 2.45) is 5.92 Å². The summed E-state index contributed by atoms with van der Waals surface area (Å²) in [5.41, 5.74) is 0.166. The molecule has 8 nitrogen and oxygen atoms in total. The normalized spacial score (nSPS) is 26.9. The SMILES string of the molecule is Cc1occc1C(=O)N1CCOC[C@@]2(C[C@H](Cn3cnnc3)CO2)C1. The molecule has 2 aliphatic heterocycles. The highest BCUT2D eigenvalue weighted by Gasteiger charge is 2.44. The van der Waals surface area contributed by atoms with Crippen molar-refractivity contribution < 1.29 is 18.7 Å². The first-order valence-electron chi connectivity index (χ1n) is 8.53. The molecular formula is C17H22N4O4. The summed E-state index contributed by atoms with van der Waals surface area (Å²) in [4.78, 5) is 14.7. The summed E-state index contributed by atoms with van der Waals surface area (Å²) in [5, 5.41) is 7.68. The first kappa shape index (κ1) is 16.3. The summed E-state index contributed by atoms with van der Waals surface area (Å²) in [5.74, 6) is 0.967. The van der Waals surface area contributed by atoms with Gasteiger partial charge in [-0.15, -0.1) is 10.2 Å². The van der Waals surface area contributed by atoms with Crippen LogP contribution in [0.15, 0.2) is 29.4 Å². The lowest BCUT2D eigenvalue weighted by molar-refractivity contribution is -0.0539. The Balaban J connectivity index is 1.46. The monoisotopic (exact) mass is 346 g/mol. The molecule has 2 saturated heterocycles. The molecule has 2 fully saturated rings. The smallest absolute Gasteiger partial charge is 0.257 e. The molecule has 0 N–H and O–H groups in total. The average Bonchev–Trinajstić information content (AvgIpc) is 3.30. The van der Waals surface area contributed by atoms with E-state index in [9.17, 15) is 4.79 Å². The van der Waals surface area contributed by atoms with E-state index in [1.807, 2.05) is 9.47 Å². The van der Waals surface area contributed by atoms with Crippen LogP contribution in [0.3, 0.4) is 0 Å². The summed E-state index contributed by atoms with van der Waals surface area (Å²) in [6.45, 7) is 5.39. The Morgan fingerprint density at radius 1 is 1.40 bits per heavy atom. The van der Waals surface area contributed by atoms with Crippen LogP contribution in [0.1, 0.15) is 22.5 Å². The number of nitrogens with zero attached hydrogens (tertiary/aromatic N) is 4. The van der Waals surface area contributed by atoms with E-state index in [0.29, 0.717) is 50.2 Å². The maximum absolute atomic E-state index is 12.8. The zero-order valence-electron chi connectivity index (χ0n) is 14.3. The summed E-state index contributed by atoms with van der Waals surface area (Å²) in [7, 11) is 0. The van der Waals surface area contributed by atoms with Crippen molar-refractivity contribution in [1.29, 1.82) is 0 Å².